The number of benzene rings is 2. The zero-order chi connectivity index (χ0) is 14.0. The lowest BCUT2D eigenvalue weighted by atomic mass is 10.2. The zero-order valence-corrected chi connectivity index (χ0v) is 12.6. The van der Waals surface area contributed by atoms with Gasteiger partial charge in [-0.05, 0) is 30.4 Å². The normalized spacial score (nSPS) is 10.8. The summed E-state index contributed by atoms with van der Waals surface area (Å²) < 4.78 is 0. The van der Waals surface area contributed by atoms with Crippen molar-refractivity contribution in [1.29, 1.82) is 0 Å². The minimum Gasteiger partial charge on any atom is -0.279 e. The van der Waals surface area contributed by atoms with Gasteiger partial charge >= 0.3 is 0 Å². The van der Waals surface area contributed by atoms with Gasteiger partial charge in [0.15, 0.2) is 0 Å². The van der Waals surface area contributed by atoms with Crippen LogP contribution in [-0.4, -0.2) is 12.0 Å². The molecule has 0 saturated heterocycles. The molecule has 0 aliphatic carbocycles. The zero-order valence-electron chi connectivity index (χ0n) is 11.8. The molecule has 2 aromatic rings. The van der Waals surface area contributed by atoms with E-state index in [9.17, 15) is 0 Å². The van der Waals surface area contributed by atoms with Gasteiger partial charge in [-0.2, -0.15) is 5.10 Å². The maximum absolute atomic E-state index is 4.31. The third kappa shape index (κ3) is 4.74. The Hall–Kier alpha value is -1.74. The summed E-state index contributed by atoms with van der Waals surface area (Å²) in [5.74, 6) is 1.16. The highest BCUT2D eigenvalue weighted by Gasteiger charge is 1.99. The SMILES string of the molecule is CCCCSc1ccccc1C=NNc1ccccc1. The summed E-state index contributed by atoms with van der Waals surface area (Å²) in [6, 6.07) is 18.4. The van der Waals surface area contributed by atoms with Crippen molar-refractivity contribution in [2.75, 3.05) is 11.2 Å². The third-order valence-corrected chi connectivity index (χ3v) is 4.02. The number of hydrogen-bond donors (Lipinski definition) is 1. The second-order valence-corrected chi connectivity index (χ2v) is 5.61. The molecular formula is C17H20N2S. The molecule has 3 heteroatoms. The van der Waals surface area contributed by atoms with Gasteiger partial charge in [-0.1, -0.05) is 49.7 Å². The Labute approximate surface area is 125 Å². The van der Waals surface area contributed by atoms with Crippen LogP contribution in [-0.2, 0) is 0 Å². The fraction of sp³-hybridized carbons (Fsp3) is 0.235. The molecule has 0 saturated carbocycles. The molecule has 104 valence electrons. The quantitative estimate of drug-likeness (QED) is 0.334. The van der Waals surface area contributed by atoms with E-state index in [1.807, 2.05) is 54.4 Å². The van der Waals surface area contributed by atoms with Gasteiger partial charge in [0, 0.05) is 10.5 Å². The number of unbranched alkanes of at least 4 members (excludes halogenated alkanes) is 1. The first kappa shape index (κ1) is 14.7. The number of anilines is 1. The second kappa shape index (κ2) is 8.43. The molecule has 20 heavy (non-hydrogen) atoms. The Balaban J connectivity index is 1.97. The van der Waals surface area contributed by atoms with Crippen LogP contribution in [0.1, 0.15) is 25.3 Å². The van der Waals surface area contributed by atoms with Crippen molar-refractivity contribution in [2.45, 2.75) is 24.7 Å². The lowest BCUT2D eigenvalue weighted by Crippen LogP contribution is -1.92. The average molecular weight is 284 g/mol. The van der Waals surface area contributed by atoms with Gasteiger partial charge in [-0.3, -0.25) is 5.43 Å². The van der Waals surface area contributed by atoms with Gasteiger partial charge < -0.3 is 0 Å². The van der Waals surface area contributed by atoms with E-state index in [-0.39, 0.29) is 0 Å². The lowest BCUT2D eigenvalue weighted by Gasteiger charge is -2.05. The minimum atomic E-state index is 1.000. The Morgan fingerprint density at radius 2 is 1.80 bits per heavy atom. The van der Waals surface area contributed by atoms with Gasteiger partial charge in [-0.15, -0.1) is 11.8 Å². The van der Waals surface area contributed by atoms with Crippen molar-refractivity contribution in [2.24, 2.45) is 5.10 Å². The fourth-order valence-corrected chi connectivity index (χ4v) is 2.85. The summed E-state index contributed by atoms with van der Waals surface area (Å²) in [5, 5.41) is 4.31. The summed E-state index contributed by atoms with van der Waals surface area (Å²) in [6.45, 7) is 2.22. The molecule has 2 rings (SSSR count). The predicted octanol–water partition coefficient (Wildman–Crippen LogP) is 5.02. The number of nitrogens with one attached hydrogen (secondary N) is 1. The molecule has 0 fully saturated rings. The number of para-hydroxylation sites is 1. The smallest absolute Gasteiger partial charge is 0.0561 e. The fourth-order valence-electron chi connectivity index (χ4n) is 1.73. The van der Waals surface area contributed by atoms with Crippen LogP contribution in [0, 0.1) is 0 Å². The standard InChI is InChI=1S/C17H20N2S/c1-2-3-13-20-17-12-8-7-9-15(17)14-18-19-16-10-5-4-6-11-16/h4-12,14,19H,2-3,13H2,1H3. The topological polar surface area (TPSA) is 24.4 Å². The van der Waals surface area contributed by atoms with Crippen LogP contribution < -0.4 is 5.43 Å². The highest BCUT2D eigenvalue weighted by Crippen LogP contribution is 2.22. The first-order chi connectivity index (χ1) is 9.90. The molecule has 0 aromatic heterocycles. The summed E-state index contributed by atoms with van der Waals surface area (Å²) in [5.41, 5.74) is 5.21. The van der Waals surface area contributed by atoms with Crippen molar-refractivity contribution in [3.05, 3.63) is 60.2 Å². The van der Waals surface area contributed by atoms with Crippen LogP contribution in [0.5, 0.6) is 0 Å². The molecule has 0 aliphatic heterocycles. The Morgan fingerprint density at radius 3 is 2.60 bits per heavy atom. The van der Waals surface area contributed by atoms with Crippen LogP contribution in [0.2, 0.25) is 0 Å². The molecule has 2 nitrogen and oxygen atoms in total. The molecule has 0 heterocycles. The Kier molecular flexibility index (Phi) is 6.18. The molecule has 2 aromatic carbocycles. The highest BCUT2D eigenvalue weighted by atomic mass is 32.2. The molecule has 0 amide bonds. The largest absolute Gasteiger partial charge is 0.279 e. The van der Waals surface area contributed by atoms with E-state index in [1.165, 1.54) is 17.7 Å². The van der Waals surface area contributed by atoms with E-state index < -0.39 is 0 Å². The summed E-state index contributed by atoms with van der Waals surface area (Å²) in [6.07, 6.45) is 4.37. The van der Waals surface area contributed by atoms with Crippen molar-refractivity contribution < 1.29 is 0 Å². The van der Waals surface area contributed by atoms with Crippen LogP contribution in [0.4, 0.5) is 5.69 Å². The van der Waals surface area contributed by atoms with Crippen LogP contribution in [0.25, 0.3) is 0 Å². The third-order valence-electron chi connectivity index (χ3n) is 2.85. The second-order valence-electron chi connectivity index (χ2n) is 4.48. The number of thioether (sulfide) groups is 1. The molecule has 0 aliphatic rings. The van der Waals surface area contributed by atoms with Crippen LogP contribution in [0.15, 0.2) is 64.6 Å². The van der Waals surface area contributed by atoms with E-state index in [0.717, 1.165) is 17.0 Å². The first-order valence-corrected chi connectivity index (χ1v) is 7.94. The molecule has 1 N–H and O–H groups in total. The number of rotatable bonds is 7. The van der Waals surface area contributed by atoms with Crippen molar-refractivity contribution in [3.8, 4) is 0 Å². The van der Waals surface area contributed by atoms with Gasteiger partial charge in [0.1, 0.15) is 0 Å². The maximum atomic E-state index is 4.31. The molecule has 0 radical (unpaired) electrons. The Bertz CT molecular complexity index is 538. The van der Waals surface area contributed by atoms with Gasteiger partial charge in [0.25, 0.3) is 0 Å². The van der Waals surface area contributed by atoms with E-state index in [2.05, 4.69) is 35.7 Å². The van der Waals surface area contributed by atoms with Gasteiger partial charge in [-0.25, -0.2) is 0 Å². The summed E-state index contributed by atoms with van der Waals surface area (Å²) in [4.78, 5) is 1.29. The van der Waals surface area contributed by atoms with E-state index in [4.69, 9.17) is 0 Å². The summed E-state index contributed by atoms with van der Waals surface area (Å²) in [7, 11) is 0. The number of nitrogens with zero attached hydrogens (tertiary/aromatic N) is 1. The monoisotopic (exact) mass is 284 g/mol. The number of hydrazone groups is 1. The first-order valence-electron chi connectivity index (χ1n) is 6.96. The molecular weight excluding hydrogens is 264 g/mol. The predicted molar refractivity (Wildman–Crippen MR) is 89.7 cm³/mol. The number of hydrogen-bond acceptors (Lipinski definition) is 3. The van der Waals surface area contributed by atoms with E-state index in [0.29, 0.717) is 0 Å². The molecule has 0 atom stereocenters. The van der Waals surface area contributed by atoms with Crippen LogP contribution in [0.3, 0.4) is 0 Å². The molecule has 0 unspecified atom stereocenters. The highest BCUT2D eigenvalue weighted by molar-refractivity contribution is 7.99. The average Bonchev–Trinajstić information content (AvgIpc) is 2.50. The van der Waals surface area contributed by atoms with Crippen molar-refractivity contribution in [3.63, 3.8) is 0 Å². The van der Waals surface area contributed by atoms with Crippen molar-refractivity contribution in [1.82, 2.24) is 0 Å². The maximum Gasteiger partial charge on any atom is 0.0561 e. The van der Waals surface area contributed by atoms with Gasteiger partial charge in [0.2, 0.25) is 0 Å². The minimum absolute atomic E-state index is 1.000. The summed E-state index contributed by atoms with van der Waals surface area (Å²) >= 11 is 1.90. The van der Waals surface area contributed by atoms with Crippen molar-refractivity contribution >= 4 is 23.7 Å². The molecule has 0 spiro atoms. The lowest BCUT2D eigenvalue weighted by molar-refractivity contribution is 0.896. The van der Waals surface area contributed by atoms with Gasteiger partial charge in [0.05, 0.1) is 11.9 Å². The van der Waals surface area contributed by atoms with E-state index >= 15 is 0 Å². The molecule has 0 bridgehead atoms. The Morgan fingerprint density at radius 1 is 1.05 bits per heavy atom. The van der Waals surface area contributed by atoms with Crippen LogP contribution >= 0.6 is 11.8 Å². The van der Waals surface area contributed by atoms with E-state index in [1.54, 1.807) is 0 Å².